The fourth-order valence-corrected chi connectivity index (χ4v) is 2.71. The minimum absolute atomic E-state index is 0.266. The molecule has 25 heavy (non-hydrogen) atoms. The lowest BCUT2D eigenvalue weighted by Gasteiger charge is -2.08. The van der Waals surface area contributed by atoms with Gasteiger partial charge in [0, 0.05) is 25.7 Å². The van der Waals surface area contributed by atoms with E-state index in [0.717, 1.165) is 48.2 Å². The molecule has 1 aromatic carbocycles. The third-order valence-electron chi connectivity index (χ3n) is 3.84. The van der Waals surface area contributed by atoms with Gasteiger partial charge >= 0.3 is 0 Å². The van der Waals surface area contributed by atoms with Crippen LogP contribution < -0.4 is 5.32 Å². The number of halogens is 2. The van der Waals surface area contributed by atoms with E-state index < -0.39 is 17.5 Å². The first-order valence-electron chi connectivity index (χ1n) is 8.13. The second kappa shape index (κ2) is 7.38. The summed E-state index contributed by atoms with van der Waals surface area (Å²) in [5.74, 6) is -1.24. The molecule has 3 aromatic rings. The lowest BCUT2D eigenvalue weighted by molar-refractivity contribution is 0.0949. The Hall–Kier alpha value is -2.83. The second-order valence-electron chi connectivity index (χ2n) is 5.66. The topological polar surface area (TPSA) is 59.8 Å². The van der Waals surface area contributed by atoms with Gasteiger partial charge in [-0.1, -0.05) is 6.92 Å². The zero-order valence-corrected chi connectivity index (χ0v) is 13.8. The lowest BCUT2D eigenvalue weighted by atomic mass is 10.2. The van der Waals surface area contributed by atoms with E-state index in [0.29, 0.717) is 6.42 Å². The summed E-state index contributed by atoms with van der Waals surface area (Å²) < 4.78 is 28.8. The molecule has 0 radical (unpaired) electrons. The van der Waals surface area contributed by atoms with E-state index in [1.54, 1.807) is 6.20 Å². The first kappa shape index (κ1) is 17.0. The van der Waals surface area contributed by atoms with E-state index in [4.69, 9.17) is 0 Å². The molecule has 0 saturated heterocycles. The normalized spacial score (nSPS) is 11.0. The van der Waals surface area contributed by atoms with E-state index >= 15 is 0 Å². The molecule has 3 rings (SSSR count). The van der Waals surface area contributed by atoms with Crippen LogP contribution in [0.25, 0.3) is 11.2 Å². The van der Waals surface area contributed by atoms with E-state index in [9.17, 15) is 13.6 Å². The summed E-state index contributed by atoms with van der Waals surface area (Å²) in [6.45, 7) is 3.10. The highest BCUT2D eigenvalue weighted by Gasteiger charge is 2.14. The molecule has 0 saturated carbocycles. The second-order valence-corrected chi connectivity index (χ2v) is 5.66. The van der Waals surface area contributed by atoms with Crippen LogP contribution in [0.5, 0.6) is 0 Å². The quantitative estimate of drug-likeness (QED) is 0.747. The van der Waals surface area contributed by atoms with Gasteiger partial charge in [0.2, 0.25) is 0 Å². The Balaban J connectivity index is 1.71. The minimum Gasteiger partial charge on any atom is -0.351 e. The number of imidazole rings is 1. The summed E-state index contributed by atoms with van der Waals surface area (Å²) in [6.07, 6.45) is 3.11. The molecule has 0 aliphatic heterocycles. The number of benzene rings is 1. The molecule has 0 bridgehead atoms. The molecule has 7 heteroatoms. The van der Waals surface area contributed by atoms with Crippen molar-refractivity contribution in [2.75, 3.05) is 6.54 Å². The van der Waals surface area contributed by atoms with Gasteiger partial charge < -0.3 is 9.88 Å². The number of aryl methyl sites for hydroxylation is 1. The first-order chi connectivity index (χ1) is 12.1. The Morgan fingerprint density at radius 1 is 1.28 bits per heavy atom. The maximum Gasteiger partial charge on any atom is 0.254 e. The van der Waals surface area contributed by atoms with Crippen LogP contribution in [-0.2, 0) is 13.0 Å². The number of nitrogens with one attached hydrogen (secondary N) is 1. The van der Waals surface area contributed by atoms with E-state index in [1.807, 2.05) is 16.7 Å². The van der Waals surface area contributed by atoms with Crippen molar-refractivity contribution in [3.8, 4) is 0 Å². The van der Waals surface area contributed by atoms with Gasteiger partial charge in [-0.25, -0.2) is 18.7 Å². The molecule has 2 aromatic heterocycles. The van der Waals surface area contributed by atoms with Crippen molar-refractivity contribution in [3.05, 3.63) is 59.6 Å². The van der Waals surface area contributed by atoms with Gasteiger partial charge in [0.1, 0.15) is 23.0 Å². The van der Waals surface area contributed by atoms with Gasteiger partial charge in [-0.3, -0.25) is 4.79 Å². The zero-order valence-electron chi connectivity index (χ0n) is 13.8. The Labute approximate surface area is 143 Å². The van der Waals surface area contributed by atoms with Gasteiger partial charge in [-0.2, -0.15) is 0 Å². The molecule has 0 aliphatic carbocycles. The molecular formula is C18H18F2N4O. The molecule has 2 heterocycles. The van der Waals surface area contributed by atoms with E-state index in [2.05, 4.69) is 22.2 Å². The number of carbonyl (C=O) groups is 1. The van der Waals surface area contributed by atoms with Crippen LogP contribution in [0.4, 0.5) is 8.78 Å². The average Bonchev–Trinajstić information content (AvgIpc) is 2.95. The molecule has 1 N–H and O–H groups in total. The van der Waals surface area contributed by atoms with Crippen LogP contribution in [0.15, 0.2) is 36.5 Å². The molecule has 0 aliphatic rings. The molecule has 130 valence electrons. The third kappa shape index (κ3) is 3.65. The predicted octanol–water partition coefficient (Wildman–Crippen LogP) is 3.09. The summed E-state index contributed by atoms with van der Waals surface area (Å²) in [4.78, 5) is 20.9. The van der Waals surface area contributed by atoms with Gasteiger partial charge in [-0.05, 0) is 36.8 Å². The van der Waals surface area contributed by atoms with Gasteiger partial charge in [0.25, 0.3) is 5.91 Å². The van der Waals surface area contributed by atoms with Crippen molar-refractivity contribution < 1.29 is 13.6 Å². The van der Waals surface area contributed by atoms with Crippen molar-refractivity contribution in [3.63, 3.8) is 0 Å². The molecule has 0 atom stereocenters. The van der Waals surface area contributed by atoms with Crippen molar-refractivity contribution in [1.82, 2.24) is 19.9 Å². The SMILES string of the molecule is CCCn1c(CCNC(=O)c2cc(F)ccc2F)nc2cccnc21. The molecule has 0 fully saturated rings. The van der Waals surface area contributed by atoms with Crippen molar-refractivity contribution in [2.45, 2.75) is 26.3 Å². The van der Waals surface area contributed by atoms with E-state index in [1.165, 1.54) is 0 Å². The van der Waals surface area contributed by atoms with Gasteiger partial charge in [0.15, 0.2) is 5.65 Å². The number of aromatic nitrogens is 3. The highest BCUT2D eigenvalue weighted by molar-refractivity contribution is 5.94. The fraction of sp³-hybridized carbons (Fsp3) is 0.278. The number of hydrogen-bond acceptors (Lipinski definition) is 3. The van der Waals surface area contributed by atoms with Gasteiger partial charge in [-0.15, -0.1) is 0 Å². The summed E-state index contributed by atoms with van der Waals surface area (Å²) in [6, 6.07) is 6.52. The van der Waals surface area contributed by atoms with Gasteiger partial charge in [0.05, 0.1) is 5.56 Å². The number of rotatable bonds is 6. The van der Waals surface area contributed by atoms with Crippen molar-refractivity contribution in [2.24, 2.45) is 0 Å². The smallest absolute Gasteiger partial charge is 0.254 e. The summed E-state index contributed by atoms with van der Waals surface area (Å²) in [7, 11) is 0. The average molecular weight is 344 g/mol. The number of nitrogens with zero attached hydrogens (tertiary/aromatic N) is 3. The molecule has 0 unspecified atom stereocenters. The van der Waals surface area contributed by atoms with Crippen LogP contribution in [0.2, 0.25) is 0 Å². The standard InChI is InChI=1S/C18H18F2N4O/c1-2-10-24-16(23-15-4-3-8-21-17(15)24)7-9-22-18(25)13-11-12(19)5-6-14(13)20/h3-6,8,11H,2,7,9-10H2,1H3,(H,22,25). The monoisotopic (exact) mass is 344 g/mol. The number of carbonyl (C=O) groups excluding carboxylic acids is 1. The third-order valence-corrected chi connectivity index (χ3v) is 3.84. The van der Waals surface area contributed by atoms with Crippen molar-refractivity contribution in [1.29, 1.82) is 0 Å². The molecule has 1 amide bonds. The van der Waals surface area contributed by atoms with E-state index in [-0.39, 0.29) is 12.1 Å². The number of amides is 1. The maximum absolute atomic E-state index is 13.6. The van der Waals surface area contributed by atoms with Crippen LogP contribution in [0, 0.1) is 11.6 Å². The maximum atomic E-state index is 13.6. The fourth-order valence-electron chi connectivity index (χ4n) is 2.71. The summed E-state index contributed by atoms with van der Waals surface area (Å²) in [5.41, 5.74) is 1.30. The van der Waals surface area contributed by atoms with Crippen LogP contribution >= 0.6 is 0 Å². The summed E-state index contributed by atoms with van der Waals surface area (Å²) >= 11 is 0. The van der Waals surface area contributed by atoms with Crippen LogP contribution in [-0.4, -0.2) is 27.0 Å². The molecule has 5 nitrogen and oxygen atoms in total. The van der Waals surface area contributed by atoms with Crippen molar-refractivity contribution >= 4 is 17.1 Å². The Morgan fingerprint density at radius 3 is 2.92 bits per heavy atom. The minimum atomic E-state index is -0.749. The largest absolute Gasteiger partial charge is 0.351 e. The summed E-state index contributed by atoms with van der Waals surface area (Å²) in [5, 5.41) is 2.61. The number of fused-ring (bicyclic) bond motifs is 1. The zero-order chi connectivity index (χ0) is 17.8. The van der Waals surface area contributed by atoms with Crippen LogP contribution in [0.3, 0.4) is 0 Å². The molecular weight excluding hydrogens is 326 g/mol. The Morgan fingerprint density at radius 2 is 2.12 bits per heavy atom. The predicted molar refractivity (Wildman–Crippen MR) is 90.2 cm³/mol. The molecule has 0 spiro atoms. The number of hydrogen-bond donors (Lipinski definition) is 1. The highest BCUT2D eigenvalue weighted by Crippen LogP contribution is 2.15. The lowest BCUT2D eigenvalue weighted by Crippen LogP contribution is -2.27. The highest BCUT2D eigenvalue weighted by atomic mass is 19.1. The van der Waals surface area contributed by atoms with Crippen LogP contribution in [0.1, 0.15) is 29.5 Å². The number of pyridine rings is 1. The Bertz CT molecular complexity index is 907. The Kier molecular flexibility index (Phi) is 5.02. The first-order valence-corrected chi connectivity index (χ1v) is 8.13.